The first-order chi connectivity index (χ1) is 8.25. The monoisotopic (exact) mass is 236 g/mol. The molecule has 1 saturated carbocycles. The highest BCUT2D eigenvalue weighted by molar-refractivity contribution is 5.70. The van der Waals surface area contributed by atoms with Gasteiger partial charge in [0, 0.05) is 6.21 Å². The van der Waals surface area contributed by atoms with Gasteiger partial charge in [-0.15, -0.1) is 0 Å². The van der Waals surface area contributed by atoms with Gasteiger partial charge in [0.05, 0.1) is 18.0 Å². The lowest BCUT2D eigenvalue weighted by molar-refractivity contribution is -0.142. The molecule has 4 heteroatoms. The number of aliphatic carboxylic acids is 1. The van der Waals surface area contributed by atoms with Crippen molar-refractivity contribution in [2.45, 2.75) is 44.2 Å². The smallest absolute Gasteiger partial charge is 0.306 e. The highest BCUT2D eigenvalue weighted by Gasteiger charge is 2.26. The molecule has 1 fully saturated rings. The maximum atomic E-state index is 10.9. The zero-order valence-corrected chi connectivity index (χ0v) is 10.0. The molecular weight excluding hydrogens is 216 g/mol. The van der Waals surface area contributed by atoms with Gasteiger partial charge in [-0.2, -0.15) is 0 Å². The summed E-state index contributed by atoms with van der Waals surface area (Å²) >= 11 is 0. The molecule has 4 nitrogen and oxygen atoms in total. The van der Waals surface area contributed by atoms with Crippen LogP contribution in [-0.2, 0) is 4.79 Å². The number of carbonyl (C=O) groups is 1. The number of carboxylic acid groups (broad SMARTS) is 1. The first kappa shape index (κ1) is 12.3. The summed E-state index contributed by atoms with van der Waals surface area (Å²) < 4.78 is 0. The van der Waals surface area contributed by atoms with E-state index in [0.29, 0.717) is 6.42 Å². The van der Waals surface area contributed by atoms with Gasteiger partial charge in [0.2, 0.25) is 0 Å². The second-order valence-corrected chi connectivity index (χ2v) is 4.85. The molecule has 0 radical (unpaired) electrons. The molecule has 0 saturated heterocycles. The standard InChI is InChI=1S/C13H20N2O2/c16-13(17)10-4-3-6-11(8-10)15-9-12-5-1-2-7-14-12/h1,5,9-12,14H,2-4,6-8H2,(H,16,17). The number of carboxylic acids is 1. The van der Waals surface area contributed by atoms with Crippen molar-refractivity contribution < 1.29 is 9.90 Å². The molecule has 2 rings (SSSR count). The van der Waals surface area contributed by atoms with E-state index in [4.69, 9.17) is 5.11 Å². The number of rotatable bonds is 3. The minimum absolute atomic E-state index is 0.194. The van der Waals surface area contributed by atoms with Crippen molar-refractivity contribution >= 4 is 12.2 Å². The molecule has 1 aliphatic heterocycles. The molecule has 0 aromatic heterocycles. The normalized spacial score (nSPS) is 34.0. The molecule has 2 N–H and O–H groups in total. The quantitative estimate of drug-likeness (QED) is 0.578. The van der Waals surface area contributed by atoms with Crippen molar-refractivity contribution in [1.82, 2.24) is 5.32 Å². The topological polar surface area (TPSA) is 61.7 Å². The van der Waals surface area contributed by atoms with Gasteiger partial charge < -0.3 is 10.4 Å². The van der Waals surface area contributed by atoms with Crippen LogP contribution < -0.4 is 5.32 Å². The van der Waals surface area contributed by atoms with E-state index in [1.807, 2.05) is 6.21 Å². The van der Waals surface area contributed by atoms with Crippen molar-refractivity contribution in [2.75, 3.05) is 6.54 Å². The Hall–Kier alpha value is -1.16. The molecule has 94 valence electrons. The molecule has 3 unspecified atom stereocenters. The number of hydrogen-bond acceptors (Lipinski definition) is 3. The van der Waals surface area contributed by atoms with Crippen LogP contribution in [0, 0.1) is 5.92 Å². The fraction of sp³-hybridized carbons (Fsp3) is 0.692. The number of hydrogen-bond donors (Lipinski definition) is 2. The summed E-state index contributed by atoms with van der Waals surface area (Å²) in [5, 5.41) is 12.3. The fourth-order valence-corrected chi connectivity index (χ4v) is 2.48. The van der Waals surface area contributed by atoms with Gasteiger partial charge in [-0.3, -0.25) is 9.79 Å². The van der Waals surface area contributed by atoms with E-state index in [1.165, 1.54) is 0 Å². The molecule has 0 bridgehead atoms. The van der Waals surface area contributed by atoms with Gasteiger partial charge in [-0.05, 0) is 32.2 Å². The second kappa shape index (κ2) is 5.96. The van der Waals surface area contributed by atoms with Crippen LogP contribution in [0.2, 0.25) is 0 Å². The Kier molecular flexibility index (Phi) is 4.31. The summed E-state index contributed by atoms with van der Waals surface area (Å²) in [5.74, 6) is -0.860. The fourth-order valence-electron chi connectivity index (χ4n) is 2.48. The van der Waals surface area contributed by atoms with E-state index in [2.05, 4.69) is 22.5 Å². The Balaban J connectivity index is 1.85. The Labute approximate surface area is 102 Å². The first-order valence-corrected chi connectivity index (χ1v) is 6.42. The molecule has 0 aromatic carbocycles. The SMILES string of the molecule is O=C(O)C1CCCC(N=CC2C=CCCN2)C1. The van der Waals surface area contributed by atoms with E-state index in [-0.39, 0.29) is 18.0 Å². The third-order valence-electron chi connectivity index (χ3n) is 3.49. The van der Waals surface area contributed by atoms with Crippen LogP contribution in [0.5, 0.6) is 0 Å². The first-order valence-electron chi connectivity index (χ1n) is 6.42. The van der Waals surface area contributed by atoms with Crippen LogP contribution >= 0.6 is 0 Å². The lowest BCUT2D eigenvalue weighted by Gasteiger charge is -2.24. The maximum absolute atomic E-state index is 10.9. The summed E-state index contributed by atoms with van der Waals surface area (Å²) in [4.78, 5) is 15.5. The summed E-state index contributed by atoms with van der Waals surface area (Å²) in [5.41, 5.74) is 0. The van der Waals surface area contributed by atoms with E-state index < -0.39 is 5.97 Å². The van der Waals surface area contributed by atoms with Crippen LogP contribution in [0.15, 0.2) is 17.1 Å². The van der Waals surface area contributed by atoms with E-state index >= 15 is 0 Å². The average Bonchev–Trinajstić information content (AvgIpc) is 2.38. The minimum Gasteiger partial charge on any atom is -0.481 e. The Bertz CT molecular complexity index is 325. The molecule has 1 aliphatic carbocycles. The summed E-state index contributed by atoms with van der Waals surface area (Å²) in [6, 6.07) is 0.427. The van der Waals surface area contributed by atoms with Crippen molar-refractivity contribution in [1.29, 1.82) is 0 Å². The molecule has 0 spiro atoms. The van der Waals surface area contributed by atoms with Crippen molar-refractivity contribution in [2.24, 2.45) is 10.9 Å². The van der Waals surface area contributed by atoms with Crippen molar-refractivity contribution in [3.05, 3.63) is 12.2 Å². The van der Waals surface area contributed by atoms with Gasteiger partial charge in [-0.25, -0.2) is 0 Å². The highest BCUT2D eigenvalue weighted by atomic mass is 16.4. The Morgan fingerprint density at radius 3 is 3.06 bits per heavy atom. The molecule has 0 amide bonds. The van der Waals surface area contributed by atoms with Crippen LogP contribution in [-0.4, -0.2) is 35.9 Å². The number of aliphatic imine (C=N–C) groups is 1. The van der Waals surface area contributed by atoms with E-state index in [9.17, 15) is 4.79 Å². The number of nitrogens with zero attached hydrogens (tertiary/aromatic N) is 1. The molecule has 2 aliphatic rings. The third kappa shape index (κ3) is 3.66. The van der Waals surface area contributed by atoms with Crippen molar-refractivity contribution in [3.63, 3.8) is 0 Å². The molecule has 0 aromatic rings. The molecular formula is C13H20N2O2. The summed E-state index contributed by atoms with van der Waals surface area (Å²) in [7, 11) is 0. The Morgan fingerprint density at radius 2 is 2.35 bits per heavy atom. The third-order valence-corrected chi connectivity index (χ3v) is 3.49. The van der Waals surface area contributed by atoms with Gasteiger partial charge in [-0.1, -0.05) is 18.6 Å². The predicted octanol–water partition coefficient (Wildman–Crippen LogP) is 1.62. The van der Waals surface area contributed by atoms with Crippen molar-refractivity contribution in [3.8, 4) is 0 Å². The van der Waals surface area contributed by atoms with Crippen LogP contribution in [0.1, 0.15) is 32.1 Å². The van der Waals surface area contributed by atoms with Gasteiger partial charge in [0.1, 0.15) is 0 Å². The van der Waals surface area contributed by atoms with E-state index in [0.717, 1.165) is 32.2 Å². The lowest BCUT2D eigenvalue weighted by Crippen LogP contribution is -2.33. The van der Waals surface area contributed by atoms with Gasteiger partial charge in [0.25, 0.3) is 0 Å². The van der Waals surface area contributed by atoms with Crippen LogP contribution in [0.25, 0.3) is 0 Å². The lowest BCUT2D eigenvalue weighted by atomic mass is 9.86. The Morgan fingerprint density at radius 1 is 1.47 bits per heavy atom. The van der Waals surface area contributed by atoms with Gasteiger partial charge >= 0.3 is 5.97 Å². The zero-order chi connectivity index (χ0) is 12.1. The molecule has 3 atom stereocenters. The predicted molar refractivity (Wildman–Crippen MR) is 67.4 cm³/mol. The highest BCUT2D eigenvalue weighted by Crippen LogP contribution is 2.26. The average molecular weight is 236 g/mol. The second-order valence-electron chi connectivity index (χ2n) is 4.85. The maximum Gasteiger partial charge on any atom is 0.306 e. The molecule has 17 heavy (non-hydrogen) atoms. The van der Waals surface area contributed by atoms with Crippen LogP contribution in [0.3, 0.4) is 0 Å². The number of nitrogens with one attached hydrogen (secondary N) is 1. The summed E-state index contributed by atoms with van der Waals surface area (Å²) in [6.45, 7) is 0.996. The zero-order valence-electron chi connectivity index (χ0n) is 10.0. The van der Waals surface area contributed by atoms with Gasteiger partial charge in [0.15, 0.2) is 0 Å². The largest absolute Gasteiger partial charge is 0.481 e. The molecule has 1 heterocycles. The summed E-state index contributed by atoms with van der Waals surface area (Å²) in [6.07, 6.45) is 10.8. The minimum atomic E-state index is -0.666. The van der Waals surface area contributed by atoms with Crippen LogP contribution in [0.4, 0.5) is 0 Å². The van der Waals surface area contributed by atoms with E-state index in [1.54, 1.807) is 0 Å².